The Morgan fingerprint density at radius 3 is 2.69 bits per heavy atom. The van der Waals surface area contributed by atoms with Crippen LogP contribution in [0.3, 0.4) is 0 Å². The summed E-state index contributed by atoms with van der Waals surface area (Å²) in [7, 11) is 0. The maximum atomic E-state index is 12.2. The molecular weight excluding hydrogens is 448 g/mol. The minimum Gasteiger partial charge on any atom is -0.327 e. The number of aldehydes is 1. The number of fused-ring (bicyclic) bond motifs is 1. The number of aliphatic imine (C=N–C) groups is 1. The van der Waals surface area contributed by atoms with Crippen LogP contribution in [-0.4, -0.2) is 27.5 Å². The zero-order valence-electron chi connectivity index (χ0n) is 20.6. The van der Waals surface area contributed by atoms with Crippen molar-refractivity contribution < 1.29 is 9.59 Å². The summed E-state index contributed by atoms with van der Waals surface area (Å²) in [6.45, 7) is 2.85. The molecule has 6 nitrogen and oxygen atoms in total. The molecule has 0 spiro atoms. The molecule has 6 heteroatoms. The van der Waals surface area contributed by atoms with E-state index in [4.69, 9.17) is 4.98 Å². The van der Waals surface area contributed by atoms with E-state index in [0.29, 0.717) is 31.4 Å². The third-order valence-electron chi connectivity index (χ3n) is 6.35. The van der Waals surface area contributed by atoms with Crippen molar-refractivity contribution in [2.45, 2.75) is 58.4 Å². The van der Waals surface area contributed by atoms with Crippen LogP contribution in [0.15, 0.2) is 59.6 Å². The highest BCUT2D eigenvalue weighted by Gasteiger charge is 2.20. The van der Waals surface area contributed by atoms with Crippen molar-refractivity contribution in [3.05, 3.63) is 82.9 Å². The van der Waals surface area contributed by atoms with E-state index in [1.165, 1.54) is 0 Å². The molecule has 36 heavy (non-hydrogen) atoms. The maximum absolute atomic E-state index is 12.2. The maximum Gasteiger partial charge on any atom is 0.245 e. The van der Waals surface area contributed by atoms with Crippen molar-refractivity contribution in [3.8, 4) is 17.2 Å². The lowest BCUT2D eigenvalue weighted by Gasteiger charge is -2.15. The number of aromatic nitrogens is 2. The van der Waals surface area contributed by atoms with Gasteiger partial charge in [-0.1, -0.05) is 55.8 Å². The van der Waals surface area contributed by atoms with Crippen LogP contribution in [0.25, 0.3) is 17.2 Å². The average Bonchev–Trinajstić information content (AvgIpc) is 3.24. The molecule has 3 aromatic rings. The Hall–Kier alpha value is -4.11. The van der Waals surface area contributed by atoms with Gasteiger partial charge in [0, 0.05) is 32.2 Å². The lowest BCUT2D eigenvalue weighted by molar-refractivity contribution is -0.117. The lowest BCUT2D eigenvalue weighted by Crippen LogP contribution is -2.15. The molecule has 1 aliphatic rings. The van der Waals surface area contributed by atoms with Gasteiger partial charge in [0.25, 0.3) is 0 Å². The number of carbonyl (C=O) groups is 2. The molecule has 4 rings (SSSR count). The highest BCUT2D eigenvalue weighted by Crippen LogP contribution is 2.26. The van der Waals surface area contributed by atoms with E-state index in [-0.39, 0.29) is 12.3 Å². The van der Waals surface area contributed by atoms with Gasteiger partial charge in [0.2, 0.25) is 5.91 Å². The molecule has 0 N–H and O–H groups in total. The van der Waals surface area contributed by atoms with Gasteiger partial charge in [-0.3, -0.25) is 4.79 Å². The smallest absolute Gasteiger partial charge is 0.245 e. The first-order valence-corrected chi connectivity index (χ1v) is 12.5. The second kappa shape index (κ2) is 12.0. The van der Waals surface area contributed by atoms with Crippen LogP contribution in [0, 0.1) is 11.3 Å². The van der Waals surface area contributed by atoms with Gasteiger partial charge in [0.05, 0.1) is 28.7 Å². The molecular formula is C30H30N4O2. The molecule has 0 unspecified atom stereocenters. The number of carbonyl (C=O) groups excluding carboxylic acids is 2. The van der Waals surface area contributed by atoms with Gasteiger partial charge in [-0.2, -0.15) is 5.26 Å². The summed E-state index contributed by atoms with van der Waals surface area (Å²) in [4.78, 5) is 32.0. The number of hydrogen-bond acceptors (Lipinski definition) is 4. The van der Waals surface area contributed by atoms with Crippen LogP contribution in [0.1, 0.15) is 67.4 Å². The number of hydrogen-bond donors (Lipinski definition) is 0. The predicted octanol–water partition coefficient (Wildman–Crippen LogP) is 5.72. The zero-order valence-corrected chi connectivity index (χ0v) is 20.6. The molecule has 0 aliphatic heterocycles. The molecule has 0 fully saturated rings. The van der Waals surface area contributed by atoms with Crippen LogP contribution >= 0.6 is 0 Å². The fourth-order valence-corrected chi connectivity index (χ4v) is 4.43. The van der Waals surface area contributed by atoms with Gasteiger partial charge in [-0.05, 0) is 47.8 Å². The number of amides is 1. The minimum atomic E-state index is -0.189. The normalized spacial score (nSPS) is 13.4. The topological polar surface area (TPSA) is 88.1 Å². The summed E-state index contributed by atoms with van der Waals surface area (Å²) in [6.07, 6.45) is 9.44. The van der Waals surface area contributed by atoms with Gasteiger partial charge in [-0.25, -0.2) is 9.98 Å². The average molecular weight is 479 g/mol. The molecule has 0 radical (unpaired) electrons. The van der Waals surface area contributed by atoms with Gasteiger partial charge in [0.15, 0.2) is 0 Å². The summed E-state index contributed by atoms with van der Waals surface area (Å²) in [5.74, 6) is 0.856. The first-order valence-electron chi connectivity index (χ1n) is 12.5. The van der Waals surface area contributed by atoms with Crippen molar-refractivity contribution in [2.75, 3.05) is 0 Å². The summed E-state index contributed by atoms with van der Waals surface area (Å²) in [6, 6.07) is 18.2. The minimum absolute atomic E-state index is 0.189. The molecule has 1 amide bonds. The fraction of sp³-hybridized carbons (Fsp3) is 0.300. The first kappa shape index (κ1) is 25.0. The Kier molecular flexibility index (Phi) is 8.36. The van der Waals surface area contributed by atoms with Crippen molar-refractivity contribution in [1.29, 1.82) is 5.26 Å². The van der Waals surface area contributed by atoms with Crippen LogP contribution in [0.4, 0.5) is 0 Å². The second-order valence-electron chi connectivity index (χ2n) is 8.97. The van der Waals surface area contributed by atoms with Crippen LogP contribution < -0.4 is 0 Å². The predicted molar refractivity (Wildman–Crippen MR) is 142 cm³/mol. The summed E-state index contributed by atoms with van der Waals surface area (Å²) in [5.41, 5.74) is 6.48. The van der Waals surface area contributed by atoms with Gasteiger partial charge >= 0.3 is 0 Å². The monoisotopic (exact) mass is 478 g/mol. The molecule has 1 heterocycles. The number of nitrogens with zero attached hydrogens (tertiary/aromatic N) is 4. The summed E-state index contributed by atoms with van der Waals surface area (Å²) < 4.78 is 2.26. The standard InChI is InChI=1S/C30H30N4O2/c1-2-3-10-29-33-27-17-16-25(32-30(36)11-6-7-18-35)19-28(27)34(29)21-22-12-14-23(15-13-22)26-9-5-4-8-24(26)20-31/h4-5,8-9,12-18H,2-3,6-7,10-11,19,21H2,1H3. The third-order valence-corrected chi connectivity index (χ3v) is 6.35. The van der Waals surface area contributed by atoms with Crippen molar-refractivity contribution in [1.82, 2.24) is 9.55 Å². The fourth-order valence-electron chi connectivity index (χ4n) is 4.43. The van der Waals surface area contributed by atoms with Gasteiger partial charge < -0.3 is 9.36 Å². The number of aryl methyl sites for hydroxylation is 1. The molecule has 1 aromatic heterocycles. The van der Waals surface area contributed by atoms with Gasteiger partial charge in [-0.15, -0.1) is 0 Å². The molecule has 0 bridgehead atoms. The Bertz CT molecular complexity index is 1340. The Morgan fingerprint density at radius 2 is 1.94 bits per heavy atom. The quantitative estimate of drug-likeness (QED) is 0.275. The van der Waals surface area contributed by atoms with E-state index in [1.54, 1.807) is 0 Å². The summed E-state index contributed by atoms with van der Waals surface area (Å²) >= 11 is 0. The van der Waals surface area contributed by atoms with Crippen LogP contribution in [0.5, 0.6) is 0 Å². The molecule has 1 aliphatic carbocycles. The Morgan fingerprint density at radius 1 is 1.14 bits per heavy atom. The SMILES string of the molecule is CCCCc1nc2c(n1Cc1ccc(-c3ccccc3C#N)cc1)CC(=NC(=O)CCCC=O)C=C2. The van der Waals surface area contributed by atoms with E-state index in [2.05, 4.69) is 46.8 Å². The molecule has 0 atom stereocenters. The highest BCUT2D eigenvalue weighted by molar-refractivity contribution is 6.07. The van der Waals surface area contributed by atoms with Crippen molar-refractivity contribution in [2.24, 2.45) is 4.99 Å². The Balaban J connectivity index is 1.58. The summed E-state index contributed by atoms with van der Waals surface area (Å²) in [5, 5.41) is 9.44. The number of unbranched alkanes of at least 4 members (excludes halogenated alkanes) is 2. The largest absolute Gasteiger partial charge is 0.327 e. The Labute approximate surface area is 212 Å². The molecule has 0 saturated heterocycles. The first-order chi connectivity index (χ1) is 17.6. The number of benzene rings is 2. The van der Waals surface area contributed by atoms with E-state index in [9.17, 15) is 14.9 Å². The van der Waals surface area contributed by atoms with Crippen molar-refractivity contribution in [3.63, 3.8) is 0 Å². The number of nitriles is 1. The molecule has 182 valence electrons. The number of allylic oxidation sites excluding steroid dienone is 1. The highest BCUT2D eigenvalue weighted by atomic mass is 16.1. The molecule has 0 saturated carbocycles. The number of rotatable bonds is 10. The second-order valence-corrected chi connectivity index (χ2v) is 8.97. The van der Waals surface area contributed by atoms with E-state index in [1.807, 2.05) is 36.4 Å². The van der Waals surface area contributed by atoms with Crippen molar-refractivity contribution >= 4 is 24.0 Å². The van der Waals surface area contributed by atoms with Crippen LogP contribution in [-0.2, 0) is 29.0 Å². The zero-order chi connectivity index (χ0) is 25.3. The van der Waals surface area contributed by atoms with E-state index < -0.39 is 0 Å². The van der Waals surface area contributed by atoms with Gasteiger partial charge in [0.1, 0.15) is 12.1 Å². The van der Waals surface area contributed by atoms with E-state index in [0.717, 1.165) is 65.2 Å². The third kappa shape index (κ3) is 5.92. The molecule has 2 aromatic carbocycles. The lowest BCUT2D eigenvalue weighted by atomic mass is 9.99. The van der Waals surface area contributed by atoms with Crippen LogP contribution in [0.2, 0.25) is 0 Å². The number of imidazole rings is 1. The van der Waals surface area contributed by atoms with E-state index >= 15 is 0 Å².